The number of benzene rings is 1. The van der Waals surface area contributed by atoms with Crippen molar-refractivity contribution in [3.8, 4) is 11.5 Å². The molecule has 18 heavy (non-hydrogen) atoms. The SMILES string of the molecule is CC(C)(C(=O)O)c1noc(-c2ccc(Cl)cc2)n1. The molecule has 0 bridgehead atoms. The number of carboxylic acids is 1. The lowest BCUT2D eigenvalue weighted by Gasteiger charge is -2.12. The van der Waals surface area contributed by atoms with E-state index in [4.69, 9.17) is 21.2 Å². The maximum absolute atomic E-state index is 11.1. The molecule has 0 saturated heterocycles. The smallest absolute Gasteiger partial charge is 0.316 e. The second-order valence-corrected chi connectivity index (χ2v) is 4.80. The van der Waals surface area contributed by atoms with E-state index in [1.165, 1.54) is 13.8 Å². The summed E-state index contributed by atoms with van der Waals surface area (Å²) in [5.74, 6) is -0.595. The molecule has 0 aliphatic heterocycles. The number of aliphatic carboxylic acids is 1. The van der Waals surface area contributed by atoms with Gasteiger partial charge in [-0.1, -0.05) is 16.8 Å². The zero-order valence-electron chi connectivity index (χ0n) is 9.85. The standard InChI is InChI=1S/C12H11ClN2O3/c1-12(2,11(16)17)10-14-9(18-15-10)7-3-5-8(13)6-4-7/h3-6H,1-2H3,(H,16,17). The van der Waals surface area contributed by atoms with Gasteiger partial charge in [0, 0.05) is 10.6 Å². The van der Waals surface area contributed by atoms with Crippen LogP contribution in [0.15, 0.2) is 28.8 Å². The lowest BCUT2D eigenvalue weighted by molar-refractivity contribution is -0.142. The Morgan fingerprint density at radius 2 is 1.94 bits per heavy atom. The maximum Gasteiger partial charge on any atom is 0.316 e. The van der Waals surface area contributed by atoms with Gasteiger partial charge in [0.25, 0.3) is 5.89 Å². The number of carbonyl (C=O) groups is 1. The quantitative estimate of drug-likeness (QED) is 0.924. The molecule has 0 aliphatic rings. The van der Waals surface area contributed by atoms with Gasteiger partial charge in [-0.05, 0) is 38.1 Å². The minimum Gasteiger partial charge on any atom is -0.481 e. The zero-order valence-corrected chi connectivity index (χ0v) is 10.6. The Balaban J connectivity index is 2.37. The molecule has 0 radical (unpaired) electrons. The van der Waals surface area contributed by atoms with Crippen molar-refractivity contribution >= 4 is 17.6 Å². The molecule has 1 N–H and O–H groups in total. The van der Waals surface area contributed by atoms with Crippen molar-refractivity contribution in [1.82, 2.24) is 10.1 Å². The topological polar surface area (TPSA) is 76.2 Å². The van der Waals surface area contributed by atoms with Crippen LogP contribution in [0, 0.1) is 0 Å². The third-order valence-corrected chi connectivity index (χ3v) is 2.86. The summed E-state index contributed by atoms with van der Waals surface area (Å²) >= 11 is 5.77. The van der Waals surface area contributed by atoms with Crippen molar-refractivity contribution in [2.45, 2.75) is 19.3 Å². The van der Waals surface area contributed by atoms with E-state index in [0.29, 0.717) is 10.6 Å². The third kappa shape index (κ3) is 2.22. The van der Waals surface area contributed by atoms with Crippen molar-refractivity contribution < 1.29 is 14.4 Å². The highest BCUT2D eigenvalue weighted by molar-refractivity contribution is 6.30. The van der Waals surface area contributed by atoms with E-state index in [2.05, 4.69) is 10.1 Å². The number of hydrogen-bond acceptors (Lipinski definition) is 4. The van der Waals surface area contributed by atoms with E-state index in [9.17, 15) is 4.79 Å². The van der Waals surface area contributed by atoms with Crippen molar-refractivity contribution in [3.05, 3.63) is 35.1 Å². The van der Waals surface area contributed by atoms with E-state index in [-0.39, 0.29) is 11.7 Å². The van der Waals surface area contributed by atoms with Crippen LogP contribution in [0.1, 0.15) is 19.7 Å². The molecule has 0 atom stereocenters. The molecule has 0 spiro atoms. The number of hydrogen-bond donors (Lipinski definition) is 1. The monoisotopic (exact) mass is 266 g/mol. The number of rotatable bonds is 3. The van der Waals surface area contributed by atoms with Crippen LogP contribution >= 0.6 is 11.6 Å². The Bertz CT molecular complexity index is 575. The summed E-state index contributed by atoms with van der Waals surface area (Å²) in [6.07, 6.45) is 0. The van der Waals surface area contributed by atoms with Gasteiger partial charge in [0.15, 0.2) is 5.82 Å². The van der Waals surface area contributed by atoms with Gasteiger partial charge in [-0.15, -0.1) is 0 Å². The van der Waals surface area contributed by atoms with E-state index < -0.39 is 11.4 Å². The van der Waals surface area contributed by atoms with Gasteiger partial charge in [-0.2, -0.15) is 4.98 Å². The molecule has 94 valence electrons. The first-order valence-electron chi connectivity index (χ1n) is 5.25. The predicted octanol–water partition coefficient (Wildman–Crippen LogP) is 2.75. The van der Waals surface area contributed by atoms with Gasteiger partial charge in [-0.25, -0.2) is 0 Å². The summed E-state index contributed by atoms with van der Waals surface area (Å²) in [5.41, 5.74) is -0.493. The molecular weight excluding hydrogens is 256 g/mol. The maximum atomic E-state index is 11.1. The minimum absolute atomic E-state index is 0.139. The number of nitrogens with zero attached hydrogens (tertiary/aromatic N) is 2. The predicted molar refractivity (Wildman–Crippen MR) is 65.4 cm³/mol. The summed E-state index contributed by atoms with van der Waals surface area (Å²) in [4.78, 5) is 15.2. The molecule has 2 rings (SSSR count). The fourth-order valence-corrected chi connectivity index (χ4v) is 1.41. The van der Waals surface area contributed by atoms with Gasteiger partial charge in [0.05, 0.1) is 0 Å². The summed E-state index contributed by atoms with van der Waals surface area (Å²) in [5, 5.41) is 13.4. The molecule has 0 aliphatic carbocycles. The second-order valence-electron chi connectivity index (χ2n) is 4.36. The molecule has 0 unspecified atom stereocenters. The van der Waals surface area contributed by atoms with Crippen LogP contribution in [-0.2, 0) is 10.2 Å². The highest BCUT2D eigenvalue weighted by atomic mass is 35.5. The van der Waals surface area contributed by atoms with E-state index in [1.807, 2.05) is 0 Å². The van der Waals surface area contributed by atoms with Crippen LogP contribution < -0.4 is 0 Å². The Labute approximate surface area is 108 Å². The first kappa shape index (κ1) is 12.6. The van der Waals surface area contributed by atoms with Crippen LogP contribution in [0.25, 0.3) is 11.5 Å². The van der Waals surface area contributed by atoms with Gasteiger partial charge in [-0.3, -0.25) is 4.79 Å². The molecule has 1 heterocycles. The number of carboxylic acid groups (broad SMARTS) is 1. The fraction of sp³-hybridized carbons (Fsp3) is 0.250. The normalized spacial score (nSPS) is 11.5. The highest BCUT2D eigenvalue weighted by Crippen LogP contribution is 2.25. The number of aromatic nitrogens is 2. The van der Waals surface area contributed by atoms with Crippen LogP contribution in [-0.4, -0.2) is 21.2 Å². The number of halogens is 1. The average Bonchev–Trinajstić information content (AvgIpc) is 2.79. The van der Waals surface area contributed by atoms with Crippen molar-refractivity contribution in [1.29, 1.82) is 0 Å². The van der Waals surface area contributed by atoms with E-state index in [0.717, 1.165) is 0 Å². The highest BCUT2D eigenvalue weighted by Gasteiger charge is 2.35. The molecule has 5 nitrogen and oxygen atoms in total. The zero-order chi connectivity index (χ0) is 13.3. The van der Waals surface area contributed by atoms with Crippen LogP contribution in [0.3, 0.4) is 0 Å². The Morgan fingerprint density at radius 3 is 2.50 bits per heavy atom. The molecule has 0 amide bonds. The molecular formula is C12H11ClN2O3. The third-order valence-electron chi connectivity index (χ3n) is 2.61. The Kier molecular flexibility index (Phi) is 3.09. The Morgan fingerprint density at radius 1 is 1.33 bits per heavy atom. The molecule has 6 heteroatoms. The van der Waals surface area contributed by atoms with Crippen molar-refractivity contribution in [2.24, 2.45) is 0 Å². The lowest BCUT2D eigenvalue weighted by Crippen LogP contribution is -2.29. The van der Waals surface area contributed by atoms with Crippen LogP contribution in [0.4, 0.5) is 0 Å². The first-order valence-corrected chi connectivity index (χ1v) is 5.62. The Hall–Kier alpha value is -1.88. The van der Waals surface area contributed by atoms with Gasteiger partial charge >= 0.3 is 5.97 Å². The fourth-order valence-electron chi connectivity index (χ4n) is 1.28. The van der Waals surface area contributed by atoms with Gasteiger partial charge in [0.2, 0.25) is 0 Å². The van der Waals surface area contributed by atoms with E-state index >= 15 is 0 Å². The van der Waals surface area contributed by atoms with Gasteiger partial charge < -0.3 is 9.63 Å². The summed E-state index contributed by atoms with van der Waals surface area (Å²) in [7, 11) is 0. The molecule has 0 fully saturated rings. The molecule has 0 saturated carbocycles. The average molecular weight is 267 g/mol. The summed E-state index contributed by atoms with van der Waals surface area (Å²) in [6, 6.07) is 6.85. The minimum atomic E-state index is -1.19. The molecule has 1 aromatic heterocycles. The second kappa shape index (κ2) is 4.42. The van der Waals surface area contributed by atoms with Crippen molar-refractivity contribution in [2.75, 3.05) is 0 Å². The summed E-state index contributed by atoms with van der Waals surface area (Å²) < 4.78 is 5.06. The van der Waals surface area contributed by atoms with E-state index in [1.54, 1.807) is 24.3 Å². The largest absolute Gasteiger partial charge is 0.481 e. The first-order chi connectivity index (χ1) is 8.41. The van der Waals surface area contributed by atoms with Crippen LogP contribution in [0.5, 0.6) is 0 Å². The lowest BCUT2D eigenvalue weighted by atomic mass is 9.93. The van der Waals surface area contributed by atoms with Crippen molar-refractivity contribution in [3.63, 3.8) is 0 Å². The molecule has 1 aromatic carbocycles. The van der Waals surface area contributed by atoms with Gasteiger partial charge in [0.1, 0.15) is 5.41 Å². The van der Waals surface area contributed by atoms with Crippen LogP contribution in [0.2, 0.25) is 5.02 Å². The molecule has 2 aromatic rings. The summed E-state index contributed by atoms with van der Waals surface area (Å²) in [6.45, 7) is 3.04.